The maximum absolute atomic E-state index is 14.3. The van der Waals surface area contributed by atoms with E-state index in [1.165, 1.54) is 38.0 Å². The fourth-order valence-corrected chi connectivity index (χ4v) is 8.73. The van der Waals surface area contributed by atoms with E-state index in [1.807, 2.05) is 26.8 Å². The highest BCUT2D eigenvalue weighted by atomic mass is 35.5. The molecule has 0 aliphatic carbocycles. The number of esters is 1. The summed E-state index contributed by atoms with van der Waals surface area (Å²) in [4.78, 5) is 70.6. The molecule has 322 valence electrons. The molecule has 8 atom stereocenters. The van der Waals surface area contributed by atoms with Gasteiger partial charge in [-0.25, -0.2) is 9.59 Å². The average Bonchev–Trinajstić information content (AvgIpc) is 3.85. The van der Waals surface area contributed by atoms with Gasteiger partial charge in [0.1, 0.15) is 46.5 Å². The molecule has 3 heterocycles. The van der Waals surface area contributed by atoms with Gasteiger partial charge in [-0.3, -0.25) is 19.7 Å². The SMILES string of the molecule is CCC(=O)C(C)(C)CC(C)(C)C(=O)N(C)[C@@H](C)C(=O)O[C@H]1CC(=O)N(C)c2cc(cc(OC)c2Cl)C/C(C)=C/C=C/[C@@H](OC)[C@@]2(O)CC(OC(=O)N2)[C@@H](C)[C@@H]2O[C@@]12C. The molecule has 0 aromatic heterocycles. The van der Waals surface area contributed by atoms with Crippen molar-refractivity contribution in [1.29, 1.82) is 0 Å². The molecule has 1 aromatic rings. The number of ketones is 1. The predicted octanol–water partition coefficient (Wildman–Crippen LogP) is 5.94. The number of rotatable bonds is 10. The lowest BCUT2D eigenvalue weighted by atomic mass is 9.71. The monoisotopic (exact) mass is 831 g/mol. The molecule has 4 rings (SSSR count). The summed E-state index contributed by atoms with van der Waals surface area (Å²) in [5.74, 6) is -1.77. The van der Waals surface area contributed by atoms with Crippen LogP contribution in [0.5, 0.6) is 5.75 Å². The first-order valence-electron chi connectivity index (χ1n) is 19.8. The minimum Gasteiger partial charge on any atom is -0.495 e. The lowest BCUT2D eigenvalue weighted by Gasteiger charge is -2.42. The Labute approximate surface area is 347 Å². The Morgan fingerprint density at radius 3 is 2.41 bits per heavy atom. The molecule has 15 heteroatoms. The number of amides is 3. The summed E-state index contributed by atoms with van der Waals surface area (Å²) in [5.41, 5.74) is -2.80. The topological polar surface area (TPSA) is 174 Å². The highest BCUT2D eigenvalue weighted by molar-refractivity contribution is 6.35. The average molecular weight is 832 g/mol. The fraction of sp³-hybridized carbons (Fsp3) is 0.651. The molecule has 3 aliphatic heterocycles. The van der Waals surface area contributed by atoms with E-state index < -0.39 is 76.5 Å². The number of allylic oxidation sites excluding steroid dienone is 3. The molecule has 3 aliphatic rings. The number of Topliss-reactive ketones (excluding diaryl/α,β-unsaturated/α-hetero) is 1. The van der Waals surface area contributed by atoms with Crippen LogP contribution in [0.1, 0.15) is 93.6 Å². The van der Waals surface area contributed by atoms with Crippen molar-refractivity contribution in [3.63, 3.8) is 0 Å². The number of fused-ring (bicyclic) bond motifs is 5. The van der Waals surface area contributed by atoms with Gasteiger partial charge < -0.3 is 38.6 Å². The quantitative estimate of drug-likeness (QED) is 0.211. The summed E-state index contributed by atoms with van der Waals surface area (Å²) < 4.78 is 29.4. The van der Waals surface area contributed by atoms with Gasteiger partial charge in [0, 0.05) is 50.8 Å². The van der Waals surface area contributed by atoms with Crippen LogP contribution in [0.25, 0.3) is 0 Å². The number of carbonyl (C=O) groups is 5. The summed E-state index contributed by atoms with van der Waals surface area (Å²) in [6, 6.07) is 2.48. The number of epoxide rings is 1. The second kappa shape index (κ2) is 17.7. The number of alkyl carbamates (subject to hydrolysis) is 1. The van der Waals surface area contributed by atoms with Crippen LogP contribution in [-0.2, 0) is 44.5 Å². The smallest absolute Gasteiger partial charge is 0.409 e. The minimum absolute atomic E-state index is 0.0267. The Morgan fingerprint density at radius 2 is 1.81 bits per heavy atom. The molecule has 0 saturated carbocycles. The van der Waals surface area contributed by atoms with Gasteiger partial charge in [-0.05, 0) is 51.3 Å². The summed E-state index contributed by atoms with van der Waals surface area (Å²) in [6.45, 7) is 15.8. The van der Waals surface area contributed by atoms with Crippen LogP contribution in [0.15, 0.2) is 35.9 Å². The fourth-order valence-electron chi connectivity index (χ4n) is 8.41. The van der Waals surface area contributed by atoms with Gasteiger partial charge in [0.15, 0.2) is 5.72 Å². The molecule has 1 aromatic carbocycles. The van der Waals surface area contributed by atoms with Crippen molar-refractivity contribution in [2.45, 2.75) is 136 Å². The van der Waals surface area contributed by atoms with Gasteiger partial charge in [-0.1, -0.05) is 76.9 Å². The van der Waals surface area contributed by atoms with Crippen molar-refractivity contribution in [1.82, 2.24) is 10.2 Å². The van der Waals surface area contributed by atoms with Crippen molar-refractivity contribution >= 4 is 46.9 Å². The van der Waals surface area contributed by atoms with Gasteiger partial charge in [0.2, 0.25) is 11.8 Å². The highest BCUT2D eigenvalue weighted by Gasteiger charge is 2.64. The van der Waals surface area contributed by atoms with E-state index in [0.717, 1.165) is 11.1 Å². The molecular weight excluding hydrogens is 770 g/mol. The molecular formula is C43H62ClN3O11. The molecule has 1 unspecified atom stereocenters. The number of likely N-dealkylation sites (N-methyl/N-ethyl adjacent to an activating group) is 1. The van der Waals surface area contributed by atoms with Crippen LogP contribution in [0.4, 0.5) is 10.5 Å². The van der Waals surface area contributed by atoms with E-state index in [0.29, 0.717) is 24.3 Å². The lowest BCUT2D eigenvalue weighted by molar-refractivity contribution is -0.164. The van der Waals surface area contributed by atoms with E-state index in [2.05, 4.69) is 5.32 Å². The largest absolute Gasteiger partial charge is 0.495 e. The third-order valence-electron chi connectivity index (χ3n) is 12.0. The third-order valence-corrected chi connectivity index (χ3v) is 12.4. The first-order chi connectivity index (χ1) is 26.8. The van der Waals surface area contributed by atoms with Crippen LogP contribution in [-0.4, -0.2) is 110 Å². The van der Waals surface area contributed by atoms with Gasteiger partial charge in [0.05, 0.1) is 25.3 Å². The number of anilines is 1. The number of benzene rings is 1. The van der Waals surface area contributed by atoms with Gasteiger partial charge in [0.25, 0.3) is 0 Å². The van der Waals surface area contributed by atoms with E-state index in [1.54, 1.807) is 66.0 Å². The van der Waals surface area contributed by atoms with Crippen LogP contribution in [0.2, 0.25) is 5.02 Å². The van der Waals surface area contributed by atoms with Crippen molar-refractivity contribution in [2.24, 2.45) is 16.7 Å². The van der Waals surface area contributed by atoms with E-state index >= 15 is 0 Å². The zero-order chi connectivity index (χ0) is 43.7. The number of hydrogen-bond donors (Lipinski definition) is 2. The number of nitrogens with zero attached hydrogens (tertiary/aromatic N) is 2. The number of hydrogen-bond acceptors (Lipinski definition) is 11. The molecule has 2 N–H and O–H groups in total. The Morgan fingerprint density at radius 1 is 1.16 bits per heavy atom. The lowest BCUT2D eigenvalue weighted by Crippen LogP contribution is -2.63. The minimum atomic E-state index is -1.85. The molecule has 4 bridgehead atoms. The maximum atomic E-state index is 14.3. The van der Waals surface area contributed by atoms with Crippen LogP contribution >= 0.6 is 11.6 Å². The number of methoxy groups -OCH3 is 2. The molecule has 14 nitrogen and oxygen atoms in total. The number of aliphatic hydroxyl groups is 1. The normalized spacial score (nSPS) is 30.1. The zero-order valence-corrected chi connectivity index (χ0v) is 36.9. The van der Waals surface area contributed by atoms with E-state index in [-0.39, 0.29) is 36.0 Å². The molecule has 0 spiro atoms. The van der Waals surface area contributed by atoms with Crippen LogP contribution in [0.3, 0.4) is 0 Å². The summed E-state index contributed by atoms with van der Waals surface area (Å²) in [5, 5.41) is 14.5. The van der Waals surface area contributed by atoms with Crippen LogP contribution in [0, 0.1) is 16.7 Å². The summed E-state index contributed by atoms with van der Waals surface area (Å²) in [7, 11) is 5.98. The van der Waals surface area contributed by atoms with E-state index in [9.17, 15) is 29.1 Å². The summed E-state index contributed by atoms with van der Waals surface area (Å²) >= 11 is 6.79. The standard InChI is InChI=1S/C43H62ClN3O11/c1-14-31(48)40(5,6)23-41(7,8)38(51)46(10)26(4)37(50)57-33-21-34(49)47(11)28-19-27(20-29(54-12)35(28)44)18-24(2)16-15-17-32(55-13)43(53)22-30(56-39(52)45-43)25(3)36-42(33,9)58-36/h15-17,19-20,25-26,30,32-33,36,53H,14,18,21-23H2,1-13H3,(H,45,52)/b17-15+,24-16+/t25-,26+,30?,32-,33+,36+,42+,43+/m1/s1. The number of carbonyl (C=O) groups excluding carboxylic acids is 5. The van der Waals surface area contributed by atoms with Crippen LogP contribution < -0.4 is 15.0 Å². The van der Waals surface area contributed by atoms with Crippen molar-refractivity contribution < 1.29 is 52.8 Å². The number of nitrogens with one attached hydrogen (secondary N) is 1. The Balaban J connectivity index is 1.74. The van der Waals surface area contributed by atoms with Crippen molar-refractivity contribution in [3.05, 3.63) is 46.5 Å². The molecule has 2 fully saturated rings. The third kappa shape index (κ3) is 9.89. The van der Waals surface area contributed by atoms with Crippen molar-refractivity contribution in [2.75, 3.05) is 33.2 Å². The van der Waals surface area contributed by atoms with Gasteiger partial charge >= 0.3 is 12.1 Å². The number of halogens is 1. The molecule has 58 heavy (non-hydrogen) atoms. The number of ether oxygens (including phenoxy) is 5. The van der Waals surface area contributed by atoms with Crippen molar-refractivity contribution in [3.8, 4) is 5.75 Å². The molecule has 0 radical (unpaired) electrons. The Hall–Kier alpha value is -3.98. The Bertz CT molecular complexity index is 1830. The maximum Gasteiger partial charge on any atom is 0.409 e. The Kier molecular flexibility index (Phi) is 14.3. The first-order valence-corrected chi connectivity index (χ1v) is 20.1. The van der Waals surface area contributed by atoms with Gasteiger partial charge in [-0.2, -0.15) is 0 Å². The van der Waals surface area contributed by atoms with E-state index in [4.69, 9.17) is 35.3 Å². The molecule has 2 saturated heterocycles. The molecule has 3 amide bonds. The second-order valence-electron chi connectivity index (χ2n) is 17.5. The second-order valence-corrected chi connectivity index (χ2v) is 17.9. The zero-order valence-electron chi connectivity index (χ0n) is 36.2. The first kappa shape index (κ1) is 46.7. The summed E-state index contributed by atoms with van der Waals surface area (Å²) in [6.07, 6.45) is 1.28. The highest BCUT2D eigenvalue weighted by Crippen LogP contribution is 2.49. The predicted molar refractivity (Wildman–Crippen MR) is 218 cm³/mol. The van der Waals surface area contributed by atoms with Gasteiger partial charge in [-0.15, -0.1) is 0 Å².